The highest BCUT2D eigenvalue weighted by Crippen LogP contribution is 2.38. The number of rotatable bonds is 11. The van der Waals surface area contributed by atoms with Crippen LogP contribution in [-0.2, 0) is 11.3 Å². The number of carbonyl (C=O) groups is 3. The highest BCUT2D eigenvalue weighted by molar-refractivity contribution is 6.00. The predicted octanol–water partition coefficient (Wildman–Crippen LogP) is 4.17. The van der Waals surface area contributed by atoms with Gasteiger partial charge in [0.15, 0.2) is 11.5 Å². The van der Waals surface area contributed by atoms with Gasteiger partial charge in [-0.3, -0.25) is 19.4 Å². The number of anilines is 3. The van der Waals surface area contributed by atoms with E-state index in [9.17, 15) is 23.2 Å². The fraction of sp³-hybridized carbons (Fsp3) is 0.300. The first-order valence-electron chi connectivity index (χ1n) is 14.0. The van der Waals surface area contributed by atoms with E-state index < -0.39 is 18.4 Å². The van der Waals surface area contributed by atoms with Gasteiger partial charge in [-0.25, -0.2) is 4.68 Å². The number of para-hydroxylation sites is 1. The summed E-state index contributed by atoms with van der Waals surface area (Å²) in [5, 5.41) is 20.2. The lowest BCUT2D eigenvalue weighted by Gasteiger charge is -2.18. The van der Waals surface area contributed by atoms with E-state index >= 15 is 0 Å². The third-order valence-electron chi connectivity index (χ3n) is 7.30. The number of amides is 3. The Morgan fingerprint density at radius 1 is 1.11 bits per heavy atom. The third kappa shape index (κ3) is 6.71. The summed E-state index contributed by atoms with van der Waals surface area (Å²) in [6.07, 6.45) is 4.49. The Labute approximate surface area is 257 Å². The summed E-state index contributed by atoms with van der Waals surface area (Å²) in [6, 6.07) is 10.1. The Hall–Kier alpha value is -5.47. The maximum Gasteiger partial charge on any atom is 0.333 e. The van der Waals surface area contributed by atoms with Gasteiger partial charge in [0.05, 0.1) is 24.7 Å². The van der Waals surface area contributed by atoms with Gasteiger partial charge in [0.1, 0.15) is 11.4 Å². The maximum absolute atomic E-state index is 13.1. The van der Waals surface area contributed by atoms with E-state index in [1.807, 2.05) is 6.07 Å². The first-order chi connectivity index (χ1) is 21.6. The van der Waals surface area contributed by atoms with Crippen LogP contribution >= 0.6 is 0 Å². The van der Waals surface area contributed by atoms with Crippen LogP contribution in [0.15, 0.2) is 48.8 Å². The van der Waals surface area contributed by atoms with Gasteiger partial charge in [0.2, 0.25) is 5.91 Å². The number of methoxy groups -OCH3 is 1. The van der Waals surface area contributed by atoms with Crippen LogP contribution in [0.25, 0.3) is 11.1 Å². The second kappa shape index (κ2) is 13.0. The smallest absolute Gasteiger partial charge is 0.333 e. The van der Waals surface area contributed by atoms with Crippen molar-refractivity contribution in [2.24, 2.45) is 5.92 Å². The van der Waals surface area contributed by atoms with Gasteiger partial charge in [0.25, 0.3) is 11.8 Å². The first kappa shape index (κ1) is 31.0. The molecule has 3 amide bonds. The van der Waals surface area contributed by atoms with Gasteiger partial charge >= 0.3 is 6.55 Å². The van der Waals surface area contributed by atoms with Gasteiger partial charge in [-0.15, -0.1) is 10.2 Å². The fourth-order valence-corrected chi connectivity index (χ4v) is 4.65. The van der Waals surface area contributed by atoms with E-state index in [4.69, 9.17) is 4.74 Å². The zero-order chi connectivity index (χ0) is 32.2. The third-order valence-corrected chi connectivity index (χ3v) is 7.30. The molecule has 0 spiro atoms. The van der Waals surface area contributed by atoms with Crippen LogP contribution in [0.2, 0.25) is 0 Å². The van der Waals surface area contributed by atoms with Crippen molar-refractivity contribution in [3.05, 3.63) is 71.4 Å². The van der Waals surface area contributed by atoms with E-state index in [2.05, 4.69) is 36.2 Å². The van der Waals surface area contributed by atoms with Crippen molar-refractivity contribution in [2.45, 2.75) is 32.9 Å². The summed E-state index contributed by atoms with van der Waals surface area (Å²) in [6.45, 7) is -1.17. The monoisotopic (exact) mass is 619 g/mol. The molecule has 0 saturated heterocycles. The molecule has 15 heteroatoms. The zero-order valence-corrected chi connectivity index (χ0v) is 25.0. The summed E-state index contributed by atoms with van der Waals surface area (Å²) in [5.41, 5.74) is 3.02. The lowest BCUT2D eigenvalue weighted by Crippen LogP contribution is -2.27. The molecule has 45 heavy (non-hydrogen) atoms. The van der Waals surface area contributed by atoms with Crippen LogP contribution in [0.1, 0.15) is 51.6 Å². The molecule has 1 aromatic carbocycles. The highest BCUT2D eigenvalue weighted by Gasteiger charge is 2.30. The fourth-order valence-electron chi connectivity index (χ4n) is 4.65. The first-order valence-corrected chi connectivity index (χ1v) is 14.0. The largest absolute Gasteiger partial charge is 0.494 e. The predicted molar refractivity (Wildman–Crippen MR) is 160 cm³/mol. The second-order valence-electron chi connectivity index (χ2n) is 10.4. The summed E-state index contributed by atoms with van der Waals surface area (Å²) >= 11 is 0. The molecular weight excluding hydrogens is 588 g/mol. The number of carbonyl (C=O) groups excluding carboxylic acids is 3. The molecular formula is C30H31F2N9O4. The number of nitrogens with zero attached hydrogens (tertiary/aromatic N) is 6. The number of hydrogen-bond donors (Lipinski definition) is 3. The summed E-state index contributed by atoms with van der Waals surface area (Å²) in [7, 11) is 4.52. The number of ether oxygens (including phenoxy) is 1. The van der Waals surface area contributed by atoms with Crippen LogP contribution in [-0.4, -0.2) is 68.8 Å². The average molecular weight is 620 g/mol. The van der Waals surface area contributed by atoms with Crippen molar-refractivity contribution >= 4 is 34.9 Å². The van der Waals surface area contributed by atoms with Gasteiger partial charge in [-0.1, -0.05) is 18.2 Å². The van der Waals surface area contributed by atoms with Crippen molar-refractivity contribution in [2.75, 3.05) is 31.8 Å². The number of pyridine rings is 1. The molecule has 5 rings (SSSR count). The van der Waals surface area contributed by atoms with E-state index in [1.165, 1.54) is 44.4 Å². The molecule has 3 heterocycles. The quantitative estimate of drug-likeness (QED) is 0.224. The summed E-state index contributed by atoms with van der Waals surface area (Å²) in [5.74, 6) is -0.454. The van der Waals surface area contributed by atoms with Crippen molar-refractivity contribution in [1.82, 2.24) is 35.2 Å². The average Bonchev–Trinajstić information content (AvgIpc) is 3.83. The molecule has 3 N–H and O–H groups in total. The van der Waals surface area contributed by atoms with E-state index in [0.717, 1.165) is 12.8 Å². The molecule has 13 nitrogen and oxygen atoms in total. The van der Waals surface area contributed by atoms with Gasteiger partial charge in [-0.05, 0) is 31.9 Å². The second-order valence-corrected chi connectivity index (χ2v) is 10.4. The molecule has 0 aliphatic heterocycles. The lowest BCUT2D eigenvalue weighted by atomic mass is 10.0. The number of benzene rings is 1. The molecule has 3 aromatic heterocycles. The molecule has 1 saturated carbocycles. The Balaban J connectivity index is 1.37. The lowest BCUT2D eigenvalue weighted by molar-refractivity contribution is -0.117. The number of alkyl halides is 2. The maximum atomic E-state index is 13.1. The Morgan fingerprint density at radius 3 is 2.51 bits per heavy atom. The van der Waals surface area contributed by atoms with Gasteiger partial charge in [0, 0.05) is 61.2 Å². The minimum Gasteiger partial charge on any atom is -0.494 e. The van der Waals surface area contributed by atoms with Crippen LogP contribution in [0, 0.1) is 12.8 Å². The van der Waals surface area contributed by atoms with E-state index in [0.29, 0.717) is 38.5 Å². The van der Waals surface area contributed by atoms with Crippen molar-refractivity contribution in [3.63, 3.8) is 0 Å². The van der Waals surface area contributed by atoms with Crippen LogP contribution in [0.5, 0.6) is 5.75 Å². The molecule has 1 fully saturated rings. The minimum absolute atomic E-state index is 0.0137. The van der Waals surface area contributed by atoms with Crippen molar-refractivity contribution in [1.29, 1.82) is 0 Å². The SMILES string of the molecule is CNC(=O)c1nnc(NC(=O)C2CC2)cc1Nc1cccc(-c2ccc(C(=O)N(C)Cc3cnn(C(F)F)c3C)nc2)c1OC. The summed E-state index contributed by atoms with van der Waals surface area (Å²) in [4.78, 5) is 43.6. The molecule has 1 aliphatic rings. The van der Waals surface area contributed by atoms with Crippen LogP contribution in [0.4, 0.5) is 26.0 Å². The minimum atomic E-state index is -2.77. The van der Waals surface area contributed by atoms with Crippen LogP contribution < -0.4 is 20.7 Å². The Kier molecular flexibility index (Phi) is 8.97. The Morgan fingerprint density at radius 2 is 1.89 bits per heavy atom. The molecule has 0 radical (unpaired) electrons. The highest BCUT2D eigenvalue weighted by atomic mass is 19.3. The molecule has 0 unspecified atom stereocenters. The number of halogens is 2. The molecule has 234 valence electrons. The molecule has 1 aliphatic carbocycles. The van der Waals surface area contributed by atoms with E-state index in [-0.39, 0.29) is 41.3 Å². The van der Waals surface area contributed by atoms with Crippen molar-refractivity contribution in [3.8, 4) is 16.9 Å². The zero-order valence-electron chi connectivity index (χ0n) is 25.0. The molecule has 0 atom stereocenters. The Bertz CT molecular complexity index is 1740. The number of nitrogens with one attached hydrogen (secondary N) is 3. The molecule has 0 bridgehead atoms. The van der Waals surface area contributed by atoms with Gasteiger partial charge < -0.3 is 25.6 Å². The number of hydrogen-bond acceptors (Lipinski definition) is 9. The molecule has 4 aromatic rings. The normalized spacial score (nSPS) is 12.5. The van der Waals surface area contributed by atoms with Crippen LogP contribution in [0.3, 0.4) is 0 Å². The standard InChI is InChI=1S/C30H31F2N9O4/c1-16-19(14-35-41(16)30(31)32)15-40(3)29(44)22-11-10-18(13-34-22)20-6-5-7-21(26(20)45-4)36-23-12-24(37-27(42)17-8-9-17)38-39-25(23)28(43)33-2/h5-7,10-14,17,30H,8-9,15H2,1-4H3,(H,33,43)(H2,36,37,38,42). The summed E-state index contributed by atoms with van der Waals surface area (Å²) < 4.78 is 32.5. The topological polar surface area (TPSA) is 156 Å². The van der Waals surface area contributed by atoms with E-state index in [1.54, 1.807) is 31.3 Å². The number of aromatic nitrogens is 5. The van der Waals surface area contributed by atoms with Gasteiger partial charge in [-0.2, -0.15) is 13.9 Å². The van der Waals surface area contributed by atoms with Crippen molar-refractivity contribution < 1.29 is 27.9 Å².